The van der Waals surface area contributed by atoms with Crippen LogP contribution >= 0.6 is 0 Å². The van der Waals surface area contributed by atoms with Crippen molar-refractivity contribution in [2.75, 3.05) is 13.1 Å². The predicted octanol–water partition coefficient (Wildman–Crippen LogP) is 3.78. The van der Waals surface area contributed by atoms with Crippen molar-refractivity contribution in [3.8, 4) is 0 Å². The van der Waals surface area contributed by atoms with Gasteiger partial charge in [0.2, 0.25) is 5.91 Å². The van der Waals surface area contributed by atoms with Crippen LogP contribution in [0.15, 0.2) is 72.8 Å². The molecule has 0 spiro atoms. The summed E-state index contributed by atoms with van der Waals surface area (Å²) >= 11 is 0. The number of rotatable bonds is 7. The maximum absolute atomic E-state index is 13.7. The van der Waals surface area contributed by atoms with Gasteiger partial charge in [-0.25, -0.2) is 13.2 Å². The van der Waals surface area contributed by atoms with E-state index in [1.165, 1.54) is 0 Å². The van der Waals surface area contributed by atoms with Crippen LogP contribution in [0.2, 0.25) is 0 Å². The fourth-order valence-corrected chi connectivity index (χ4v) is 3.05. The Kier molecular flexibility index (Phi) is 6.85. The lowest BCUT2D eigenvalue weighted by atomic mass is 9.90. The van der Waals surface area contributed by atoms with E-state index >= 15 is 0 Å². The number of carbonyl (C=O) groups is 2. The minimum Gasteiger partial charge on any atom is -0.354 e. The van der Waals surface area contributed by atoms with Crippen LogP contribution in [-0.4, -0.2) is 24.9 Å². The van der Waals surface area contributed by atoms with Crippen molar-refractivity contribution in [2.45, 2.75) is 5.92 Å². The molecule has 0 atom stereocenters. The average Bonchev–Trinajstić information content (AvgIpc) is 2.77. The van der Waals surface area contributed by atoms with Crippen LogP contribution in [-0.2, 0) is 4.79 Å². The normalized spacial score (nSPS) is 10.7. The van der Waals surface area contributed by atoms with Gasteiger partial charge in [0.1, 0.15) is 0 Å². The summed E-state index contributed by atoms with van der Waals surface area (Å²) in [5.74, 6) is -6.32. The quantitative estimate of drug-likeness (QED) is 0.458. The van der Waals surface area contributed by atoms with Crippen LogP contribution in [0.3, 0.4) is 0 Å². The predicted molar refractivity (Wildman–Crippen MR) is 106 cm³/mol. The van der Waals surface area contributed by atoms with Crippen molar-refractivity contribution >= 4 is 11.8 Å². The molecule has 0 aliphatic carbocycles. The van der Waals surface area contributed by atoms with Gasteiger partial charge in [0.05, 0.1) is 11.5 Å². The van der Waals surface area contributed by atoms with E-state index < -0.39 is 34.8 Å². The summed E-state index contributed by atoms with van der Waals surface area (Å²) in [6.07, 6.45) is 0. The SMILES string of the molecule is O=C(NCCNC(=O)C(c1ccccc1)c1ccccc1)c1ccc(F)c(F)c1F. The molecule has 0 saturated carbocycles. The highest BCUT2D eigenvalue weighted by Crippen LogP contribution is 2.24. The summed E-state index contributed by atoms with van der Waals surface area (Å²) in [6.45, 7) is 0.0609. The Morgan fingerprint density at radius 2 is 1.23 bits per heavy atom. The first-order valence-electron chi connectivity index (χ1n) is 9.28. The number of benzene rings is 3. The molecular formula is C23H19F3N2O2. The summed E-state index contributed by atoms with van der Waals surface area (Å²) in [5, 5.41) is 5.12. The van der Waals surface area contributed by atoms with E-state index in [4.69, 9.17) is 0 Å². The minimum absolute atomic E-state index is 0.0146. The molecule has 0 aliphatic heterocycles. The van der Waals surface area contributed by atoms with E-state index in [9.17, 15) is 22.8 Å². The molecule has 30 heavy (non-hydrogen) atoms. The standard InChI is InChI=1S/C23H19F3N2O2/c24-18-12-11-17(20(25)21(18)26)22(29)27-13-14-28-23(30)19(15-7-3-1-4-8-15)16-9-5-2-6-10-16/h1-12,19H,13-14H2,(H,27,29)(H,28,30). The Morgan fingerprint density at radius 3 is 1.80 bits per heavy atom. The second-order valence-electron chi connectivity index (χ2n) is 6.52. The molecule has 7 heteroatoms. The molecule has 0 unspecified atom stereocenters. The molecular weight excluding hydrogens is 393 g/mol. The van der Waals surface area contributed by atoms with E-state index in [-0.39, 0.29) is 19.0 Å². The second kappa shape index (κ2) is 9.73. The van der Waals surface area contributed by atoms with Crippen molar-refractivity contribution in [1.29, 1.82) is 0 Å². The molecule has 2 N–H and O–H groups in total. The van der Waals surface area contributed by atoms with Gasteiger partial charge in [0, 0.05) is 13.1 Å². The zero-order valence-electron chi connectivity index (χ0n) is 15.9. The van der Waals surface area contributed by atoms with E-state index in [0.717, 1.165) is 17.2 Å². The highest BCUT2D eigenvalue weighted by atomic mass is 19.2. The van der Waals surface area contributed by atoms with Crippen LogP contribution < -0.4 is 10.6 Å². The lowest BCUT2D eigenvalue weighted by Crippen LogP contribution is -2.37. The summed E-state index contributed by atoms with van der Waals surface area (Å²) in [5.41, 5.74) is 1.02. The molecule has 0 heterocycles. The van der Waals surface area contributed by atoms with E-state index in [0.29, 0.717) is 6.07 Å². The maximum atomic E-state index is 13.7. The number of hydrogen-bond acceptors (Lipinski definition) is 2. The van der Waals surface area contributed by atoms with Crippen molar-refractivity contribution in [3.05, 3.63) is 107 Å². The van der Waals surface area contributed by atoms with Gasteiger partial charge in [-0.1, -0.05) is 60.7 Å². The van der Waals surface area contributed by atoms with Gasteiger partial charge in [-0.15, -0.1) is 0 Å². The summed E-state index contributed by atoms with van der Waals surface area (Å²) in [4.78, 5) is 24.8. The third kappa shape index (κ3) is 4.86. The average molecular weight is 412 g/mol. The number of nitrogens with one attached hydrogen (secondary N) is 2. The molecule has 0 radical (unpaired) electrons. The van der Waals surface area contributed by atoms with Crippen molar-refractivity contribution in [3.63, 3.8) is 0 Å². The highest BCUT2D eigenvalue weighted by molar-refractivity contribution is 5.94. The Labute approximate surface area is 171 Å². The molecule has 154 valence electrons. The third-order valence-electron chi connectivity index (χ3n) is 4.52. The molecule has 3 rings (SSSR count). The largest absolute Gasteiger partial charge is 0.354 e. The van der Waals surface area contributed by atoms with Crippen LogP contribution in [0.25, 0.3) is 0 Å². The second-order valence-corrected chi connectivity index (χ2v) is 6.52. The molecule has 0 aromatic heterocycles. The Bertz CT molecular complexity index is 988. The molecule has 0 saturated heterocycles. The van der Waals surface area contributed by atoms with Gasteiger partial charge < -0.3 is 10.6 Å². The fourth-order valence-electron chi connectivity index (χ4n) is 3.05. The fraction of sp³-hybridized carbons (Fsp3) is 0.130. The van der Waals surface area contributed by atoms with E-state index in [1.807, 2.05) is 60.7 Å². The van der Waals surface area contributed by atoms with Gasteiger partial charge in [0.25, 0.3) is 5.91 Å². The van der Waals surface area contributed by atoms with Crippen molar-refractivity contribution in [2.24, 2.45) is 0 Å². The number of carbonyl (C=O) groups excluding carboxylic acids is 2. The van der Waals surface area contributed by atoms with Crippen LogP contribution in [0.1, 0.15) is 27.4 Å². The molecule has 0 fully saturated rings. The zero-order valence-corrected chi connectivity index (χ0v) is 15.9. The molecule has 4 nitrogen and oxygen atoms in total. The first kappa shape index (κ1) is 21.1. The molecule has 3 aromatic rings. The van der Waals surface area contributed by atoms with Gasteiger partial charge in [-0.2, -0.15) is 0 Å². The first-order valence-corrected chi connectivity index (χ1v) is 9.28. The van der Waals surface area contributed by atoms with Crippen LogP contribution in [0.5, 0.6) is 0 Å². The molecule has 3 aromatic carbocycles. The van der Waals surface area contributed by atoms with Gasteiger partial charge in [-0.3, -0.25) is 9.59 Å². The first-order chi connectivity index (χ1) is 14.5. The van der Waals surface area contributed by atoms with Crippen molar-refractivity contribution < 1.29 is 22.8 Å². The van der Waals surface area contributed by atoms with Gasteiger partial charge >= 0.3 is 0 Å². The lowest BCUT2D eigenvalue weighted by Gasteiger charge is -2.18. The van der Waals surface area contributed by atoms with E-state index in [1.54, 1.807) is 0 Å². The smallest absolute Gasteiger partial charge is 0.254 e. The van der Waals surface area contributed by atoms with Crippen LogP contribution in [0, 0.1) is 17.5 Å². The molecule has 0 bridgehead atoms. The lowest BCUT2D eigenvalue weighted by molar-refractivity contribution is -0.121. The van der Waals surface area contributed by atoms with Gasteiger partial charge in [0.15, 0.2) is 17.5 Å². The van der Waals surface area contributed by atoms with E-state index in [2.05, 4.69) is 10.6 Å². The zero-order chi connectivity index (χ0) is 21.5. The molecule has 0 aliphatic rings. The summed E-state index contributed by atoms with van der Waals surface area (Å²) in [6, 6.07) is 20.0. The minimum atomic E-state index is -1.70. The Hall–Kier alpha value is -3.61. The summed E-state index contributed by atoms with van der Waals surface area (Å²) in [7, 11) is 0. The monoisotopic (exact) mass is 412 g/mol. The highest BCUT2D eigenvalue weighted by Gasteiger charge is 2.22. The number of hydrogen-bond donors (Lipinski definition) is 2. The van der Waals surface area contributed by atoms with Crippen LogP contribution in [0.4, 0.5) is 13.2 Å². The third-order valence-corrected chi connectivity index (χ3v) is 4.52. The molecule has 2 amide bonds. The topological polar surface area (TPSA) is 58.2 Å². The number of amides is 2. The van der Waals surface area contributed by atoms with Gasteiger partial charge in [-0.05, 0) is 23.3 Å². The maximum Gasteiger partial charge on any atom is 0.254 e. The Morgan fingerprint density at radius 1 is 0.700 bits per heavy atom. The summed E-state index contributed by atoms with van der Waals surface area (Å²) < 4.78 is 39.9. The Balaban J connectivity index is 1.61. The number of halogens is 3. The van der Waals surface area contributed by atoms with Crippen molar-refractivity contribution in [1.82, 2.24) is 10.6 Å².